The molecule has 3 rings (SSSR count). The number of hydrogen-bond acceptors (Lipinski definition) is 4. The van der Waals surface area contributed by atoms with Crippen LogP contribution in [0.25, 0.3) is 0 Å². The highest BCUT2D eigenvalue weighted by atomic mass is 16.5. The molecule has 0 bridgehead atoms. The van der Waals surface area contributed by atoms with Crippen molar-refractivity contribution in [3.8, 4) is 0 Å². The Bertz CT molecular complexity index is 665. The summed E-state index contributed by atoms with van der Waals surface area (Å²) in [5.41, 5.74) is 2.75. The molecular weight excluding hydrogens is 278 g/mol. The Balaban J connectivity index is 1.65. The van der Waals surface area contributed by atoms with Gasteiger partial charge in [-0.25, -0.2) is 0 Å². The van der Waals surface area contributed by atoms with Crippen LogP contribution in [0.1, 0.15) is 35.8 Å². The number of nitrogens with zero attached hydrogens (tertiary/aromatic N) is 2. The van der Waals surface area contributed by atoms with E-state index >= 15 is 0 Å². The zero-order chi connectivity index (χ0) is 15.5. The van der Waals surface area contributed by atoms with Gasteiger partial charge in [-0.15, -0.1) is 0 Å². The van der Waals surface area contributed by atoms with Crippen LogP contribution in [0.4, 0.5) is 5.82 Å². The molecule has 1 aliphatic rings. The first-order valence-corrected chi connectivity index (χ1v) is 7.64. The maximum Gasteiger partial charge on any atom is 0.239 e. The predicted molar refractivity (Wildman–Crippen MR) is 84.6 cm³/mol. The molecule has 116 valence electrons. The van der Waals surface area contributed by atoms with Crippen LogP contribution in [0.3, 0.4) is 0 Å². The topological polar surface area (TPSA) is 58.4 Å². The summed E-state index contributed by atoms with van der Waals surface area (Å²) in [7, 11) is 2.00. The molecule has 5 nitrogen and oxygen atoms in total. The predicted octanol–water partition coefficient (Wildman–Crippen LogP) is 2.93. The van der Waals surface area contributed by atoms with Gasteiger partial charge in [-0.3, -0.25) is 9.69 Å². The third-order valence-electron chi connectivity index (χ3n) is 4.16. The van der Waals surface area contributed by atoms with Crippen molar-refractivity contribution in [1.82, 2.24) is 10.1 Å². The van der Waals surface area contributed by atoms with E-state index in [0.29, 0.717) is 24.2 Å². The molecule has 22 heavy (non-hydrogen) atoms. The summed E-state index contributed by atoms with van der Waals surface area (Å²) < 4.78 is 4.95. The van der Waals surface area contributed by atoms with E-state index in [1.807, 2.05) is 7.05 Å². The molecule has 0 spiro atoms. The van der Waals surface area contributed by atoms with E-state index < -0.39 is 0 Å². The first-order chi connectivity index (χ1) is 10.6. The Morgan fingerprint density at radius 1 is 1.45 bits per heavy atom. The fourth-order valence-electron chi connectivity index (χ4n) is 3.13. The molecule has 0 unspecified atom stereocenters. The number of aromatic nitrogens is 1. The number of anilines is 1. The van der Waals surface area contributed by atoms with E-state index in [2.05, 4.69) is 39.6 Å². The lowest BCUT2D eigenvalue weighted by Crippen LogP contribution is -2.34. The molecule has 1 aromatic heterocycles. The molecule has 1 amide bonds. The number of hydrogen-bond donors (Lipinski definition) is 1. The largest absolute Gasteiger partial charge is 0.360 e. The van der Waals surface area contributed by atoms with Gasteiger partial charge in [0.25, 0.3) is 0 Å². The maximum atomic E-state index is 12.2. The molecule has 1 N–H and O–H groups in total. The Morgan fingerprint density at radius 2 is 2.27 bits per heavy atom. The zero-order valence-electron chi connectivity index (χ0n) is 13.0. The van der Waals surface area contributed by atoms with Crippen molar-refractivity contribution in [3.63, 3.8) is 0 Å². The van der Waals surface area contributed by atoms with Crippen molar-refractivity contribution in [2.24, 2.45) is 0 Å². The number of fused-ring (bicyclic) bond motifs is 1. The van der Waals surface area contributed by atoms with Gasteiger partial charge < -0.3 is 9.84 Å². The number of carbonyl (C=O) groups excluding carboxylic acids is 1. The van der Waals surface area contributed by atoms with Gasteiger partial charge >= 0.3 is 0 Å². The average Bonchev–Trinajstić information content (AvgIpc) is 2.91. The fourth-order valence-corrected chi connectivity index (χ4v) is 3.13. The summed E-state index contributed by atoms with van der Waals surface area (Å²) in [6.45, 7) is 2.14. The van der Waals surface area contributed by atoms with Gasteiger partial charge in [0.05, 0.1) is 6.54 Å². The van der Waals surface area contributed by atoms with E-state index in [-0.39, 0.29) is 5.91 Å². The van der Waals surface area contributed by atoms with E-state index in [0.717, 1.165) is 19.3 Å². The van der Waals surface area contributed by atoms with Gasteiger partial charge in [0.1, 0.15) is 5.76 Å². The summed E-state index contributed by atoms with van der Waals surface area (Å²) in [6, 6.07) is 10.5. The minimum atomic E-state index is -0.0705. The lowest BCUT2D eigenvalue weighted by Gasteiger charge is -2.32. The van der Waals surface area contributed by atoms with Gasteiger partial charge in [-0.1, -0.05) is 29.4 Å². The SMILES string of the molecule is Cc1cc(NC(=O)CN(C)[C@@H]2CCCc3ccccc32)no1. The average molecular weight is 299 g/mol. The summed E-state index contributed by atoms with van der Waals surface area (Å²) in [6.07, 6.45) is 3.38. The lowest BCUT2D eigenvalue weighted by atomic mass is 9.87. The molecule has 0 saturated heterocycles. The highest BCUT2D eigenvalue weighted by Gasteiger charge is 2.24. The van der Waals surface area contributed by atoms with Crippen molar-refractivity contribution in [1.29, 1.82) is 0 Å². The number of nitrogens with one attached hydrogen (secondary N) is 1. The van der Waals surface area contributed by atoms with Crippen molar-refractivity contribution in [2.45, 2.75) is 32.2 Å². The number of aryl methyl sites for hydroxylation is 2. The van der Waals surface area contributed by atoms with Gasteiger partial charge in [0, 0.05) is 12.1 Å². The van der Waals surface area contributed by atoms with Gasteiger partial charge in [-0.2, -0.15) is 0 Å². The van der Waals surface area contributed by atoms with Crippen LogP contribution in [-0.2, 0) is 11.2 Å². The second-order valence-corrected chi connectivity index (χ2v) is 5.89. The Labute approximate surface area is 130 Å². The van der Waals surface area contributed by atoms with E-state index in [1.54, 1.807) is 13.0 Å². The van der Waals surface area contributed by atoms with Gasteiger partial charge in [0.15, 0.2) is 5.82 Å². The molecule has 0 fully saturated rings. The Hall–Kier alpha value is -2.14. The van der Waals surface area contributed by atoms with Crippen LogP contribution >= 0.6 is 0 Å². The highest BCUT2D eigenvalue weighted by Crippen LogP contribution is 2.33. The number of rotatable bonds is 4. The normalized spacial score (nSPS) is 17.3. The van der Waals surface area contributed by atoms with Crippen LogP contribution < -0.4 is 5.32 Å². The highest BCUT2D eigenvalue weighted by molar-refractivity contribution is 5.91. The molecule has 0 aliphatic heterocycles. The zero-order valence-corrected chi connectivity index (χ0v) is 13.0. The summed E-state index contributed by atoms with van der Waals surface area (Å²) in [5.74, 6) is 1.09. The standard InChI is InChI=1S/C17H21N3O2/c1-12-10-16(19-22-12)18-17(21)11-20(2)15-9-5-7-13-6-3-4-8-14(13)15/h3-4,6,8,10,15H,5,7,9,11H2,1-2H3,(H,18,19,21)/t15-/m1/s1. The molecule has 2 aromatic rings. The molecule has 1 aliphatic carbocycles. The quantitative estimate of drug-likeness (QED) is 0.943. The number of benzene rings is 1. The van der Waals surface area contributed by atoms with Gasteiger partial charge in [0.2, 0.25) is 5.91 Å². The third-order valence-corrected chi connectivity index (χ3v) is 4.16. The van der Waals surface area contributed by atoms with E-state index in [9.17, 15) is 4.79 Å². The Kier molecular flexibility index (Phi) is 4.24. The maximum absolute atomic E-state index is 12.2. The van der Waals surface area contributed by atoms with Gasteiger partial charge in [-0.05, 0) is 44.4 Å². The molecule has 1 heterocycles. The van der Waals surface area contributed by atoms with Crippen molar-refractivity contribution >= 4 is 11.7 Å². The minimum absolute atomic E-state index is 0.0705. The van der Waals surface area contributed by atoms with Crippen LogP contribution in [0.15, 0.2) is 34.9 Å². The summed E-state index contributed by atoms with van der Waals surface area (Å²) >= 11 is 0. The second kappa shape index (κ2) is 6.32. The third kappa shape index (κ3) is 3.20. The summed E-state index contributed by atoms with van der Waals surface area (Å²) in [5, 5.41) is 6.56. The van der Waals surface area contributed by atoms with Crippen molar-refractivity contribution in [3.05, 3.63) is 47.2 Å². The second-order valence-electron chi connectivity index (χ2n) is 5.89. The molecular formula is C17H21N3O2. The lowest BCUT2D eigenvalue weighted by molar-refractivity contribution is -0.117. The first kappa shape index (κ1) is 14.8. The summed E-state index contributed by atoms with van der Waals surface area (Å²) in [4.78, 5) is 14.3. The monoisotopic (exact) mass is 299 g/mol. The molecule has 5 heteroatoms. The molecule has 0 radical (unpaired) electrons. The number of amides is 1. The van der Waals surface area contributed by atoms with Crippen LogP contribution in [0, 0.1) is 6.92 Å². The van der Waals surface area contributed by atoms with Crippen molar-refractivity contribution < 1.29 is 9.32 Å². The first-order valence-electron chi connectivity index (χ1n) is 7.64. The van der Waals surface area contributed by atoms with E-state index in [1.165, 1.54) is 11.1 Å². The fraction of sp³-hybridized carbons (Fsp3) is 0.412. The molecule has 1 atom stereocenters. The molecule has 0 saturated carbocycles. The molecule has 1 aromatic carbocycles. The van der Waals surface area contributed by atoms with Crippen LogP contribution in [0.2, 0.25) is 0 Å². The number of likely N-dealkylation sites (N-methyl/N-ethyl adjacent to an activating group) is 1. The Morgan fingerprint density at radius 3 is 3.05 bits per heavy atom. The minimum Gasteiger partial charge on any atom is -0.360 e. The van der Waals surface area contributed by atoms with Crippen LogP contribution in [0.5, 0.6) is 0 Å². The van der Waals surface area contributed by atoms with E-state index in [4.69, 9.17) is 4.52 Å². The number of carbonyl (C=O) groups is 1. The van der Waals surface area contributed by atoms with Crippen LogP contribution in [-0.4, -0.2) is 29.6 Å². The van der Waals surface area contributed by atoms with Crippen molar-refractivity contribution in [2.75, 3.05) is 18.9 Å². The smallest absolute Gasteiger partial charge is 0.239 e.